The van der Waals surface area contributed by atoms with E-state index < -0.39 is 0 Å². The number of aryl methyl sites for hydroxylation is 1. The van der Waals surface area contributed by atoms with Crippen molar-refractivity contribution in [2.75, 3.05) is 6.61 Å². The molecule has 1 aromatic heterocycles. The topological polar surface area (TPSA) is 35.0 Å². The molecular weight excluding hydrogens is 464 g/mol. The maximum atomic E-state index is 5.79. The van der Waals surface area contributed by atoms with Crippen LogP contribution in [0.15, 0.2) is 60.9 Å². The Hall–Kier alpha value is -2.68. The van der Waals surface area contributed by atoms with E-state index in [1.54, 1.807) is 0 Å². The van der Waals surface area contributed by atoms with E-state index in [4.69, 9.17) is 4.74 Å². The number of ether oxygens (including phenoxy) is 1. The van der Waals surface area contributed by atoms with Crippen LogP contribution in [0.5, 0.6) is 6.01 Å². The molecule has 38 heavy (non-hydrogen) atoms. The van der Waals surface area contributed by atoms with Crippen molar-refractivity contribution in [1.82, 2.24) is 9.97 Å². The highest BCUT2D eigenvalue weighted by Gasteiger charge is 2.13. The average molecular weight is 513 g/mol. The molecule has 0 atom stereocenters. The largest absolute Gasteiger partial charge is 0.463 e. The summed E-state index contributed by atoms with van der Waals surface area (Å²) in [6.07, 6.45) is 25.4. The van der Waals surface area contributed by atoms with Gasteiger partial charge in [-0.05, 0) is 47.4 Å². The molecule has 1 fully saturated rings. The Morgan fingerprint density at radius 1 is 0.632 bits per heavy atom. The Labute approximate surface area is 231 Å². The maximum Gasteiger partial charge on any atom is 0.316 e. The van der Waals surface area contributed by atoms with Crippen molar-refractivity contribution in [3.63, 3.8) is 0 Å². The van der Waals surface area contributed by atoms with Crippen LogP contribution in [0, 0.1) is 5.92 Å². The summed E-state index contributed by atoms with van der Waals surface area (Å²) in [5.74, 6) is 1.04. The standard InChI is InChI=1S/C35H48N2O/c1-2-3-4-9-15-30-18-20-31(21-19-30)32-22-24-33(25-23-32)34-27-36-35(37-28-34)38-26-13-8-6-5-7-10-14-29-16-11-12-17-29/h18-25,27-29H,2-17,26H2,1H3. The fourth-order valence-corrected chi connectivity index (χ4v) is 5.72. The van der Waals surface area contributed by atoms with Gasteiger partial charge in [-0.25, -0.2) is 9.97 Å². The van der Waals surface area contributed by atoms with Gasteiger partial charge in [0.15, 0.2) is 0 Å². The first-order valence-corrected chi connectivity index (χ1v) is 15.5. The van der Waals surface area contributed by atoms with Gasteiger partial charge in [-0.15, -0.1) is 0 Å². The van der Waals surface area contributed by atoms with E-state index >= 15 is 0 Å². The van der Waals surface area contributed by atoms with Crippen LogP contribution in [0.1, 0.15) is 109 Å². The lowest BCUT2D eigenvalue weighted by atomic mass is 9.99. The monoisotopic (exact) mass is 512 g/mol. The van der Waals surface area contributed by atoms with E-state index in [2.05, 4.69) is 65.4 Å². The third-order valence-corrected chi connectivity index (χ3v) is 8.17. The molecule has 0 saturated heterocycles. The molecular formula is C35H48N2O. The van der Waals surface area contributed by atoms with Gasteiger partial charge in [0.1, 0.15) is 0 Å². The van der Waals surface area contributed by atoms with Crippen LogP contribution in [-0.2, 0) is 6.42 Å². The van der Waals surface area contributed by atoms with Crippen LogP contribution in [-0.4, -0.2) is 16.6 Å². The fraction of sp³-hybridized carbons (Fsp3) is 0.543. The molecule has 3 aromatic rings. The van der Waals surface area contributed by atoms with Crippen molar-refractivity contribution in [1.29, 1.82) is 0 Å². The zero-order valence-electron chi connectivity index (χ0n) is 23.7. The quantitative estimate of drug-likeness (QED) is 0.169. The summed E-state index contributed by atoms with van der Waals surface area (Å²) in [5, 5.41) is 0. The maximum absolute atomic E-state index is 5.79. The van der Waals surface area contributed by atoms with Crippen LogP contribution in [0.3, 0.4) is 0 Å². The minimum atomic E-state index is 0.483. The summed E-state index contributed by atoms with van der Waals surface area (Å²) in [6, 6.07) is 18.2. The number of unbranched alkanes of at least 4 members (excludes halogenated alkanes) is 8. The molecule has 204 valence electrons. The van der Waals surface area contributed by atoms with Crippen molar-refractivity contribution in [2.24, 2.45) is 5.92 Å². The van der Waals surface area contributed by atoms with Crippen molar-refractivity contribution < 1.29 is 4.74 Å². The molecule has 3 heteroatoms. The summed E-state index contributed by atoms with van der Waals surface area (Å²) in [4.78, 5) is 8.89. The Kier molecular flexibility index (Phi) is 12.2. The van der Waals surface area contributed by atoms with Gasteiger partial charge >= 0.3 is 6.01 Å². The number of benzene rings is 2. The highest BCUT2D eigenvalue weighted by Crippen LogP contribution is 2.29. The Morgan fingerprint density at radius 3 is 1.84 bits per heavy atom. The van der Waals surface area contributed by atoms with Gasteiger partial charge in [-0.2, -0.15) is 0 Å². The summed E-state index contributed by atoms with van der Waals surface area (Å²) in [6.45, 7) is 2.96. The lowest BCUT2D eigenvalue weighted by Crippen LogP contribution is -2.01. The SMILES string of the molecule is CCCCCCc1ccc(-c2ccc(-c3cnc(OCCCCCCCCC4CCCC4)nc3)cc2)cc1. The van der Waals surface area contributed by atoms with Crippen molar-refractivity contribution in [3.05, 3.63) is 66.5 Å². The third-order valence-electron chi connectivity index (χ3n) is 8.17. The molecule has 1 aliphatic carbocycles. The highest BCUT2D eigenvalue weighted by molar-refractivity contribution is 5.69. The fourth-order valence-electron chi connectivity index (χ4n) is 5.72. The minimum Gasteiger partial charge on any atom is -0.463 e. The van der Waals surface area contributed by atoms with Gasteiger partial charge in [0.25, 0.3) is 0 Å². The van der Waals surface area contributed by atoms with E-state index in [-0.39, 0.29) is 0 Å². The summed E-state index contributed by atoms with van der Waals surface area (Å²) < 4.78 is 5.79. The summed E-state index contributed by atoms with van der Waals surface area (Å²) >= 11 is 0. The summed E-state index contributed by atoms with van der Waals surface area (Å²) in [5.41, 5.74) is 6.08. The zero-order chi connectivity index (χ0) is 26.3. The number of rotatable bonds is 17. The highest BCUT2D eigenvalue weighted by atomic mass is 16.5. The first-order valence-electron chi connectivity index (χ1n) is 15.5. The van der Waals surface area contributed by atoms with E-state index in [1.165, 1.54) is 113 Å². The molecule has 0 amide bonds. The molecule has 0 radical (unpaired) electrons. The van der Waals surface area contributed by atoms with Crippen molar-refractivity contribution >= 4 is 0 Å². The lowest BCUT2D eigenvalue weighted by molar-refractivity contribution is 0.281. The van der Waals surface area contributed by atoms with Crippen LogP contribution in [0.25, 0.3) is 22.3 Å². The Bertz CT molecular complexity index is 1020. The van der Waals surface area contributed by atoms with Gasteiger partial charge in [-0.1, -0.05) is 139 Å². The normalized spacial score (nSPS) is 13.7. The Morgan fingerprint density at radius 2 is 1.18 bits per heavy atom. The molecule has 1 heterocycles. The van der Waals surface area contributed by atoms with Crippen LogP contribution >= 0.6 is 0 Å². The van der Waals surface area contributed by atoms with E-state index in [0.29, 0.717) is 12.6 Å². The summed E-state index contributed by atoms with van der Waals surface area (Å²) in [7, 11) is 0. The first kappa shape index (κ1) is 28.3. The molecule has 1 aliphatic rings. The van der Waals surface area contributed by atoms with Crippen LogP contribution < -0.4 is 4.74 Å². The average Bonchev–Trinajstić information content (AvgIpc) is 3.49. The molecule has 0 spiro atoms. The second kappa shape index (κ2) is 16.3. The van der Waals surface area contributed by atoms with Gasteiger partial charge in [0.2, 0.25) is 0 Å². The lowest BCUT2D eigenvalue weighted by Gasteiger charge is -2.08. The van der Waals surface area contributed by atoms with Crippen LogP contribution in [0.4, 0.5) is 0 Å². The van der Waals surface area contributed by atoms with E-state index in [9.17, 15) is 0 Å². The van der Waals surface area contributed by atoms with Crippen molar-refractivity contribution in [2.45, 2.75) is 110 Å². The molecule has 1 saturated carbocycles. The van der Waals surface area contributed by atoms with Gasteiger partial charge in [0.05, 0.1) is 6.61 Å². The van der Waals surface area contributed by atoms with E-state index in [0.717, 1.165) is 23.5 Å². The number of aromatic nitrogens is 2. The van der Waals surface area contributed by atoms with Gasteiger partial charge in [0, 0.05) is 18.0 Å². The Balaban J connectivity index is 1.13. The third kappa shape index (κ3) is 9.57. The first-order chi connectivity index (χ1) is 18.8. The van der Waals surface area contributed by atoms with Crippen molar-refractivity contribution in [3.8, 4) is 28.3 Å². The molecule has 0 unspecified atom stereocenters. The van der Waals surface area contributed by atoms with Gasteiger partial charge in [-0.3, -0.25) is 0 Å². The number of hydrogen-bond acceptors (Lipinski definition) is 3. The molecule has 4 rings (SSSR count). The zero-order valence-corrected chi connectivity index (χ0v) is 23.7. The number of nitrogens with zero attached hydrogens (tertiary/aromatic N) is 2. The predicted octanol–water partition coefficient (Wildman–Crippen LogP) is 10.2. The molecule has 3 nitrogen and oxygen atoms in total. The molecule has 0 N–H and O–H groups in total. The second-order valence-corrected chi connectivity index (χ2v) is 11.2. The van der Waals surface area contributed by atoms with E-state index in [1.807, 2.05) is 12.4 Å². The number of hydrogen-bond donors (Lipinski definition) is 0. The molecule has 0 aliphatic heterocycles. The smallest absolute Gasteiger partial charge is 0.316 e. The molecule has 0 bridgehead atoms. The van der Waals surface area contributed by atoms with Crippen LogP contribution in [0.2, 0.25) is 0 Å². The minimum absolute atomic E-state index is 0.483. The predicted molar refractivity (Wildman–Crippen MR) is 161 cm³/mol. The second-order valence-electron chi connectivity index (χ2n) is 11.2. The van der Waals surface area contributed by atoms with Gasteiger partial charge < -0.3 is 4.74 Å². The molecule has 2 aromatic carbocycles.